The molecule has 3 aromatic rings. The van der Waals surface area contributed by atoms with Crippen LogP contribution in [0.3, 0.4) is 0 Å². The number of thiophene rings is 1. The van der Waals surface area contributed by atoms with Gasteiger partial charge in [-0.1, -0.05) is 5.16 Å². The molecule has 4 aliphatic rings. The summed E-state index contributed by atoms with van der Waals surface area (Å²) in [5.41, 5.74) is 3.46. The van der Waals surface area contributed by atoms with Crippen LogP contribution in [0.25, 0.3) is 20.4 Å². The Morgan fingerprint density at radius 3 is 2.54 bits per heavy atom. The van der Waals surface area contributed by atoms with Gasteiger partial charge in [0, 0.05) is 23.6 Å². The zero-order chi connectivity index (χ0) is 17.5. The molecule has 4 aliphatic carbocycles. The molecule has 5 heteroatoms. The van der Waals surface area contributed by atoms with Gasteiger partial charge in [0.25, 0.3) is 0 Å². The smallest absolute Gasteiger partial charge is 0.160 e. The maximum atomic E-state index is 6.10. The molecule has 0 saturated heterocycles. The standard InChI is InChI=1S/C21H24N2O2S/c1-11-3-15(10-24-2)16-17-18(26-20(16)22-11)19(25-23-17)21-7-12-4-13(8-21)6-14(5-12)9-21/h3,12-14H,4-10H2,1-2H3. The average Bonchev–Trinajstić information content (AvgIpc) is 3.12. The Labute approximate surface area is 156 Å². The van der Waals surface area contributed by atoms with Gasteiger partial charge in [0.1, 0.15) is 15.0 Å². The van der Waals surface area contributed by atoms with E-state index in [4.69, 9.17) is 14.2 Å². The number of aryl methyl sites for hydroxylation is 1. The molecule has 0 amide bonds. The number of methoxy groups -OCH3 is 1. The molecule has 0 radical (unpaired) electrons. The average molecular weight is 369 g/mol. The van der Waals surface area contributed by atoms with E-state index in [-0.39, 0.29) is 5.41 Å². The molecule has 136 valence electrons. The summed E-state index contributed by atoms with van der Waals surface area (Å²) in [5, 5.41) is 5.71. The second-order valence-electron chi connectivity index (χ2n) is 9.03. The second kappa shape index (κ2) is 5.29. The van der Waals surface area contributed by atoms with Crippen molar-refractivity contribution in [3.05, 3.63) is 23.1 Å². The molecule has 0 unspecified atom stereocenters. The first-order valence-corrected chi connectivity index (χ1v) is 10.6. The predicted molar refractivity (Wildman–Crippen MR) is 102 cm³/mol. The maximum absolute atomic E-state index is 6.10. The number of hydrogen-bond acceptors (Lipinski definition) is 5. The summed E-state index contributed by atoms with van der Waals surface area (Å²) in [6.45, 7) is 2.64. The van der Waals surface area contributed by atoms with Crippen molar-refractivity contribution in [3.8, 4) is 0 Å². The highest BCUT2D eigenvalue weighted by Gasteiger charge is 2.54. The van der Waals surface area contributed by atoms with Gasteiger partial charge in [-0.25, -0.2) is 4.98 Å². The summed E-state index contributed by atoms with van der Waals surface area (Å²) in [5.74, 6) is 3.89. The van der Waals surface area contributed by atoms with Crippen LogP contribution in [0.1, 0.15) is 55.5 Å². The Hall–Kier alpha value is -1.46. The van der Waals surface area contributed by atoms with Crippen LogP contribution in [0.5, 0.6) is 0 Å². The van der Waals surface area contributed by atoms with Crippen molar-refractivity contribution < 1.29 is 9.26 Å². The molecule has 4 nitrogen and oxygen atoms in total. The van der Waals surface area contributed by atoms with Crippen LogP contribution in [-0.4, -0.2) is 17.3 Å². The van der Waals surface area contributed by atoms with E-state index in [1.54, 1.807) is 18.4 Å². The van der Waals surface area contributed by atoms with Crippen molar-refractivity contribution in [3.63, 3.8) is 0 Å². The minimum Gasteiger partial charge on any atom is -0.380 e. The van der Waals surface area contributed by atoms with Gasteiger partial charge >= 0.3 is 0 Å². The molecule has 7 rings (SSSR count). The van der Waals surface area contributed by atoms with Gasteiger partial charge in [-0.3, -0.25) is 0 Å². The normalized spacial score (nSPS) is 32.9. The van der Waals surface area contributed by atoms with E-state index in [1.807, 2.05) is 0 Å². The zero-order valence-electron chi connectivity index (χ0n) is 15.4. The fourth-order valence-electron chi connectivity index (χ4n) is 6.67. The molecule has 0 N–H and O–H groups in total. The second-order valence-corrected chi connectivity index (χ2v) is 10.0. The van der Waals surface area contributed by atoms with Crippen molar-refractivity contribution in [2.24, 2.45) is 17.8 Å². The first-order valence-electron chi connectivity index (χ1n) is 9.83. The van der Waals surface area contributed by atoms with E-state index in [1.165, 1.54) is 54.5 Å². The topological polar surface area (TPSA) is 48.2 Å². The molecule has 0 spiro atoms. The molecular weight excluding hydrogens is 344 g/mol. The maximum Gasteiger partial charge on any atom is 0.160 e. The van der Waals surface area contributed by atoms with Gasteiger partial charge in [-0.2, -0.15) is 0 Å². The van der Waals surface area contributed by atoms with Crippen LogP contribution >= 0.6 is 11.3 Å². The first kappa shape index (κ1) is 15.6. The van der Waals surface area contributed by atoms with E-state index >= 15 is 0 Å². The minimum absolute atomic E-state index is 0.237. The molecule has 4 saturated carbocycles. The molecule has 3 aromatic heterocycles. The third kappa shape index (κ3) is 2.04. The highest BCUT2D eigenvalue weighted by atomic mass is 32.1. The molecule has 0 aromatic carbocycles. The first-order chi connectivity index (χ1) is 12.6. The Bertz CT molecular complexity index is 983. The number of rotatable bonds is 3. The number of aromatic nitrogens is 2. The number of pyridine rings is 1. The fourth-order valence-corrected chi connectivity index (χ4v) is 7.96. The third-order valence-corrected chi connectivity index (χ3v) is 8.17. The van der Waals surface area contributed by atoms with E-state index in [0.29, 0.717) is 6.61 Å². The van der Waals surface area contributed by atoms with E-state index in [0.717, 1.165) is 39.2 Å². The summed E-state index contributed by atoms with van der Waals surface area (Å²) in [6.07, 6.45) is 8.24. The highest BCUT2D eigenvalue weighted by molar-refractivity contribution is 7.25. The van der Waals surface area contributed by atoms with Gasteiger partial charge in [0.2, 0.25) is 0 Å². The summed E-state index contributed by atoms with van der Waals surface area (Å²) in [6, 6.07) is 2.12. The van der Waals surface area contributed by atoms with Crippen LogP contribution in [0.2, 0.25) is 0 Å². The molecule has 3 heterocycles. The minimum atomic E-state index is 0.237. The summed E-state index contributed by atoms with van der Waals surface area (Å²) < 4.78 is 12.8. The van der Waals surface area contributed by atoms with E-state index in [2.05, 4.69) is 18.1 Å². The van der Waals surface area contributed by atoms with Crippen LogP contribution in [0.15, 0.2) is 10.6 Å². The van der Waals surface area contributed by atoms with Crippen molar-refractivity contribution in [2.45, 2.75) is 57.5 Å². The van der Waals surface area contributed by atoms with Gasteiger partial charge in [-0.15, -0.1) is 11.3 Å². The molecule has 26 heavy (non-hydrogen) atoms. The summed E-state index contributed by atoms with van der Waals surface area (Å²) in [7, 11) is 1.74. The van der Waals surface area contributed by atoms with Gasteiger partial charge < -0.3 is 9.26 Å². The Morgan fingerprint density at radius 1 is 1.19 bits per heavy atom. The Kier molecular flexibility index (Phi) is 3.17. The molecular formula is C21H24N2O2S. The number of ether oxygens (including phenoxy) is 1. The lowest BCUT2D eigenvalue weighted by atomic mass is 9.49. The lowest BCUT2D eigenvalue weighted by molar-refractivity contribution is -0.0165. The SMILES string of the molecule is COCc1cc(C)nc2sc3c(C45CC6CC(CC(C6)C4)C5)onc3c12. The Morgan fingerprint density at radius 2 is 1.88 bits per heavy atom. The molecule has 0 atom stereocenters. The fraction of sp³-hybridized carbons (Fsp3) is 0.619. The van der Waals surface area contributed by atoms with Gasteiger partial charge in [0.05, 0.1) is 6.61 Å². The zero-order valence-corrected chi connectivity index (χ0v) is 16.2. The summed E-state index contributed by atoms with van der Waals surface area (Å²) in [4.78, 5) is 5.88. The monoisotopic (exact) mass is 368 g/mol. The van der Waals surface area contributed by atoms with Crippen LogP contribution in [-0.2, 0) is 16.8 Å². The Balaban J connectivity index is 1.56. The van der Waals surface area contributed by atoms with Gasteiger partial charge in [0.15, 0.2) is 5.76 Å². The van der Waals surface area contributed by atoms with Crippen molar-refractivity contribution >= 4 is 31.8 Å². The lowest BCUT2D eigenvalue weighted by Crippen LogP contribution is -2.48. The van der Waals surface area contributed by atoms with E-state index < -0.39 is 0 Å². The number of nitrogens with zero attached hydrogens (tertiary/aromatic N) is 2. The predicted octanol–water partition coefficient (Wildman–Crippen LogP) is 5.36. The molecule has 4 fully saturated rings. The lowest BCUT2D eigenvalue weighted by Gasteiger charge is -2.55. The molecule has 0 aliphatic heterocycles. The summed E-state index contributed by atoms with van der Waals surface area (Å²) >= 11 is 1.78. The van der Waals surface area contributed by atoms with Crippen LogP contribution in [0.4, 0.5) is 0 Å². The van der Waals surface area contributed by atoms with Crippen LogP contribution < -0.4 is 0 Å². The molecule has 4 bridgehead atoms. The number of hydrogen-bond donors (Lipinski definition) is 0. The van der Waals surface area contributed by atoms with Crippen LogP contribution in [0, 0.1) is 24.7 Å². The highest BCUT2D eigenvalue weighted by Crippen LogP contribution is 2.62. The third-order valence-electron chi connectivity index (χ3n) is 7.10. The van der Waals surface area contributed by atoms with Gasteiger partial charge in [-0.05, 0) is 74.8 Å². The van der Waals surface area contributed by atoms with Crippen molar-refractivity contribution in [1.29, 1.82) is 0 Å². The number of fused-ring (bicyclic) bond motifs is 3. The largest absolute Gasteiger partial charge is 0.380 e. The van der Waals surface area contributed by atoms with E-state index in [9.17, 15) is 0 Å². The van der Waals surface area contributed by atoms with Crippen molar-refractivity contribution in [1.82, 2.24) is 10.1 Å². The van der Waals surface area contributed by atoms with Crippen molar-refractivity contribution in [2.75, 3.05) is 7.11 Å². The quantitative estimate of drug-likeness (QED) is 0.624.